The van der Waals surface area contributed by atoms with Crippen molar-refractivity contribution in [2.24, 2.45) is 0 Å². The van der Waals surface area contributed by atoms with E-state index in [1.165, 1.54) is 0 Å². The van der Waals surface area contributed by atoms with Crippen molar-refractivity contribution in [3.63, 3.8) is 0 Å². The summed E-state index contributed by atoms with van der Waals surface area (Å²) < 4.78 is 5.86. The number of nitrogens with one attached hydrogen (secondary N) is 1. The van der Waals surface area contributed by atoms with Crippen LogP contribution >= 0.6 is 0 Å². The summed E-state index contributed by atoms with van der Waals surface area (Å²) >= 11 is 0. The van der Waals surface area contributed by atoms with E-state index in [1.807, 2.05) is 60.7 Å². The summed E-state index contributed by atoms with van der Waals surface area (Å²) in [7, 11) is 0. The number of aromatic amines is 1. The maximum absolute atomic E-state index is 12.0. The highest BCUT2D eigenvalue weighted by molar-refractivity contribution is 5.97. The molecule has 1 amide bonds. The molecule has 0 bridgehead atoms. The minimum absolute atomic E-state index is 0.197. The minimum Gasteiger partial charge on any atom is -0.492 e. The van der Waals surface area contributed by atoms with Crippen molar-refractivity contribution in [3.05, 3.63) is 61.2 Å². The number of pyridine rings is 2. The van der Waals surface area contributed by atoms with Crippen LogP contribution < -0.4 is 9.64 Å². The largest absolute Gasteiger partial charge is 0.492 e. The second kappa shape index (κ2) is 7.63. The number of H-pyrrole nitrogens is 1. The molecule has 4 aromatic rings. The van der Waals surface area contributed by atoms with Crippen molar-refractivity contribution >= 4 is 22.6 Å². The number of carbonyl (C=O) groups is 1. The summed E-state index contributed by atoms with van der Waals surface area (Å²) in [5.41, 5.74) is 5.79. The standard InChI is InChI=1S/C24H22N4O2/c1-2-30-21-15-27-24-20(9-10-26-24)23(21)18-12-17(13-25-14-18)16-5-7-19(8-6-16)28-11-3-4-22(28)29/h5-10,12-15H,2-4,11H2,1H3,(H,26,27). The minimum atomic E-state index is 0.197. The first kappa shape index (κ1) is 18.4. The predicted molar refractivity (Wildman–Crippen MR) is 118 cm³/mol. The number of aromatic nitrogens is 3. The van der Waals surface area contributed by atoms with E-state index in [0.29, 0.717) is 13.0 Å². The number of rotatable bonds is 5. The zero-order valence-corrected chi connectivity index (χ0v) is 16.8. The lowest BCUT2D eigenvalue weighted by atomic mass is 10.00. The molecule has 0 radical (unpaired) electrons. The Morgan fingerprint density at radius 3 is 2.67 bits per heavy atom. The van der Waals surface area contributed by atoms with E-state index in [9.17, 15) is 4.79 Å². The van der Waals surface area contributed by atoms with Gasteiger partial charge in [0, 0.05) is 59.3 Å². The molecule has 1 aliphatic rings. The quantitative estimate of drug-likeness (QED) is 0.523. The number of ether oxygens (including phenoxy) is 1. The maximum atomic E-state index is 12.0. The molecule has 5 rings (SSSR count). The first-order chi connectivity index (χ1) is 14.7. The zero-order chi connectivity index (χ0) is 20.5. The molecule has 1 fully saturated rings. The zero-order valence-electron chi connectivity index (χ0n) is 16.8. The predicted octanol–water partition coefficient (Wildman–Crippen LogP) is 4.82. The topological polar surface area (TPSA) is 71.1 Å². The van der Waals surface area contributed by atoms with E-state index in [1.54, 1.807) is 6.20 Å². The fraction of sp³-hybridized carbons (Fsp3) is 0.208. The van der Waals surface area contributed by atoms with Crippen LogP contribution in [0.1, 0.15) is 19.8 Å². The van der Waals surface area contributed by atoms with Gasteiger partial charge < -0.3 is 14.6 Å². The Morgan fingerprint density at radius 2 is 1.90 bits per heavy atom. The number of hydrogen-bond donors (Lipinski definition) is 1. The summed E-state index contributed by atoms with van der Waals surface area (Å²) in [6.07, 6.45) is 8.91. The van der Waals surface area contributed by atoms with E-state index >= 15 is 0 Å². The number of hydrogen-bond acceptors (Lipinski definition) is 4. The van der Waals surface area contributed by atoms with E-state index in [0.717, 1.165) is 57.7 Å². The molecule has 0 saturated carbocycles. The van der Waals surface area contributed by atoms with E-state index < -0.39 is 0 Å². The van der Waals surface area contributed by atoms with Gasteiger partial charge >= 0.3 is 0 Å². The highest BCUT2D eigenvalue weighted by atomic mass is 16.5. The highest BCUT2D eigenvalue weighted by Gasteiger charge is 2.21. The molecule has 0 aliphatic carbocycles. The molecular weight excluding hydrogens is 376 g/mol. The molecule has 1 aliphatic heterocycles. The van der Waals surface area contributed by atoms with Gasteiger partial charge in [-0.2, -0.15) is 0 Å². The van der Waals surface area contributed by atoms with Gasteiger partial charge in [-0.1, -0.05) is 12.1 Å². The molecule has 0 unspecified atom stereocenters. The molecule has 6 nitrogen and oxygen atoms in total. The molecule has 3 aromatic heterocycles. The van der Waals surface area contributed by atoms with Crippen molar-refractivity contribution in [3.8, 4) is 28.0 Å². The molecule has 1 N–H and O–H groups in total. The van der Waals surface area contributed by atoms with E-state index in [4.69, 9.17) is 4.74 Å². The fourth-order valence-electron chi connectivity index (χ4n) is 4.04. The van der Waals surface area contributed by atoms with Gasteiger partial charge in [-0.05, 0) is 43.2 Å². The second-order valence-electron chi connectivity index (χ2n) is 7.33. The average molecular weight is 398 g/mol. The SMILES string of the molecule is CCOc1cnc2[nH]ccc2c1-c1cncc(-c2ccc(N3CCCC3=O)cc2)c1. The van der Waals surface area contributed by atoms with Crippen LogP contribution in [0.25, 0.3) is 33.3 Å². The molecule has 150 valence electrons. The Morgan fingerprint density at radius 1 is 1.07 bits per heavy atom. The Labute approximate surface area is 174 Å². The molecule has 4 heterocycles. The summed E-state index contributed by atoms with van der Waals surface area (Å²) in [4.78, 5) is 26.0. The van der Waals surface area contributed by atoms with Gasteiger partial charge in [0.25, 0.3) is 0 Å². The summed E-state index contributed by atoms with van der Waals surface area (Å²) in [6, 6.07) is 12.2. The van der Waals surface area contributed by atoms with Crippen LogP contribution in [0, 0.1) is 0 Å². The maximum Gasteiger partial charge on any atom is 0.227 e. The van der Waals surface area contributed by atoms with Gasteiger partial charge in [0.05, 0.1) is 12.8 Å². The van der Waals surface area contributed by atoms with Gasteiger partial charge in [-0.15, -0.1) is 0 Å². The van der Waals surface area contributed by atoms with E-state index in [-0.39, 0.29) is 5.91 Å². The van der Waals surface area contributed by atoms with Crippen molar-refractivity contribution in [2.45, 2.75) is 19.8 Å². The van der Waals surface area contributed by atoms with Crippen LogP contribution in [0.2, 0.25) is 0 Å². The number of amides is 1. The average Bonchev–Trinajstić information content (AvgIpc) is 3.43. The van der Waals surface area contributed by atoms with Crippen LogP contribution in [0.5, 0.6) is 5.75 Å². The van der Waals surface area contributed by atoms with Crippen LogP contribution in [0.3, 0.4) is 0 Å². The smallest absolute Gasteiger partial charge is 0.227 e. The molecule has 0 atom stereocenters. The van der Waals surface area contributed by atoms with Crippen LogP contribution in [0.15, 0.2) is 61.2 Å². The number of carbonyl (C=O) groups excluding carboxylic acids is 1. The van der Waals surface area contributed by atoms with Crippen LogP contribution in [-0.4, -0.2) is 34.0 Å². The van der Waals surface area contributed by atoms with Gasteiger partial charge in [0.2, 0.25) is 5.91 Å². The number of fused-ring (bicyclic) bond motifs is 1. The Bertz CT molecular complexity index is 1210. The molecule has 6 heteroatoms. The van der Waals surface area contributed by atoms with Crippen LogP contribution in [-0.2, 0) is 4.79 Å². The van der Waals surface area contributed by atoms with Gasteiger partial charge in [-0.25, -0.2) is 4.98 Å². The Balaban J connectivity index is 1.54. The van der Waals surface area contributed by atoms with Crippen molar-refractivity contribution in [1.82, 2.24) is 15.0 Å². The lowest BCUT2D eigenvalue weighted by Gasteiger charge is -2.16. The van der Waals surface area contributed by atoms with Gasteiger partial charge in [-0.3, -0.25) is 9.78 Å². The molecule has 1 aromatic carbocycles. The van der Waals surface area contributed by atoms with Gasteiger partial charge in [0.1, 0.15) is 11.4 Å². The number of nitrogens with zero attached hydrogens (tertiary/aromatic N) is 3. The third kappa shape index (κ3) is 3.20. The lowest BCUT2D eigenvalue weighted by Crippen LogP contribution is -2.23. The van der Waals surface area contributed by atoms with Crippen LogP contribution in [0.4, 0.5) is 5.69 Å². The van der Waals surface area contributed by atoms with Gasteiger partial charge in [0.15, 0.2) is 0 Å². The highest BCUT2D eigenvalue weighted by Crippen LogP contribution is 2.37. The summed E-state index contributed by atoms with van der Waals surface area (Å²) in [5.74, 6) is 0.939. The van der Waals surface area contributed by atoms with Crippen molar-refractivity contribution in [2.75, 3.05) is 18.1 Å². The fourth-order valence-corrected chi connectivity index (χ4v) is 4.04. The number of benzene rings is 1. The monoisotopic (exact) mass is 398 g/mol. The third-order valence-electron chi connectivity index (χ3n) is 5.46. The molecule has 1 saturated heterocycles. The van der Waals surface area contributed by atoms with E-state index in [2.05, 4.69) is 21.0 Å². The lowest BCUT2D eigenvalue weighted by molar-refractivity contribution is -0.117. The van der Waals surface area contributed by atoms with Crippen molar-refractivity contribution in [1.29, 1.82) is 0 Å². The first-order valence-electron chi connectivity index (χ1n) is 10.2. The Kier molecular flexibility index (Phi) is 4.67. The number of anilines is 1. The Hall–Kier alpha value is -3.67. The third-order valence-corrected chi connectivity index (χ3v) is 5.46. The molecular formula is C24H22N4O2. The second-order valence-corrected chi connectivity index (χ2v) is 7.33. The summed E-state index contributed by atoms with van der Waals surface area (Å²) in [5, 5.41) is 1.00. The molecule has 0 spiro atoms. The first-order valence-corrected chi connectivity index (χ1v) is 10.2. The summed E-state index contributed by atoms with van der Waals surface area (Å²) in [6.45, 7) is 3.32. The van der Waals surface area contributed by atoms with Crippen molar-refractivity contribution < 1.29 is 9.53 Å². The molecule has 30 heavy (non-hydrogen) atoms. The normalized spacial score (nSPS) is 13.9.